The summed E-state index contributed by atoms with van der Waals surface area (Å²) in [5.41, 5.74) is 4.95. The zero-order valence-corrected chi connectivity index (χ0v) is 13.5. The lowest BCUT2D eigenvalue weighted by Gasteiger charge is -2.26. The molecule has 122 valence electrons. The lowest BCUT2D eigenvalue weighted by molar-refractivity contribution is 0.0624. The van der Waals surface area contributed by atoms with Crippen molar-refractivity contribution < 1.29 is 14.4 Å². The van der Waals surface area contributed by atoms with Gasteiger partial charge in [-0.25, -0.2) is 0 Å². The smallest absolute Gasteiger partial charge is 0.261 e. The second kappa shape index (κ2) is 5.44. The van der Waals surface area contributed by atoms with Crippen LogP contribution >= 0.6 is 0 Å². The van der Waals surface area contributed by atoms with Gasteiger partial charge in [0.25, 0.3) is 11.8 Å². The van der Waals surface area contributed by atoms with Crippen LogP contribution in [0.25, 0.3) is 0 Å². The fourth-order valence-electron chi connectivity index (χ4n) is 3.91. The van der Waals surface area contributed by atoms with E-state index in [1.165, 1.54) is 10.5 Å². The van der Waals surface area contributed by atoms with Crippen LogP contribution in [0.2, 0.25) is 0 Å². The third-order valence-electron chi connectivity index (χ3n) is 5.24. The number of aldehydes is 1. The summed E-state index contributed by atoms with van der Waals surface area (Å²) >= 11 is 0. The molecule has 5 nitrogen and oxygen atoms in total. The second-order valence-corrected chi connectivity index (χ2v) is 6.61. The number of aromatic amines is 1. The van der Waals surface area contributed by atoms with Crippen molar-refractivity contribution in [2.24, 2.45) is 5.92 Å². The molecule has 0 bridgehead atoms. The van der Waals surface area contributed by atoms with Gasteiger partial charge in [0, 0.05) is 12.2 Å². The Morgan fingerprint density at radius 3 is 2.50 bits per heavy atom. The van der Waals surface area contributed by atoms with E-state index in [-0.39, 0.29) is 17.7 Å². The Labute approximate surface area is 139 Å². The number of H-pyrrole nitrogens is 1. The number of rotatable bonds is 3. The highest BCUT2D eigenvalue weighted by Gasteiger charge is 2.37. The molecule has 1 unspecified atom stereocenters. The summed E-state index contributed by atoms with van der Waals surface area (Å²) in [5, 5.41) is 0. The Bertz CT molecular complexity index is 830. The maximum absolute atomic E-state index is 12.5. The van der Waals surface area contributed by atoms with E-state index >= 15 is 0 Å². The van der Waals surface area contributed by atoms with Crippen molar-refractivity contribution >= 4 is 18.1 Å². The Balaban J connectivity index is 1.54. The monoisotopic (exact) mass is 322 g/mol. The normalized spacial score (nSPS) is 19.4. The third-order valence-corrected chi connectivity index (χ3v) is 5.24. The van der Waals surface area contributed by atoms with Crippen LogP contribution in [0.3, 0.4) is 0 Å². The van der Waals surface area contributed by atoms with Crippen LogP contribution in [-0.2, 0) is 12.8 Å². The molecular weight excluding hydrogens is 304 g/mol. The first-order chi connectivity index (χ1) is 11.6. The Hall–Kier alpha value is -2.69. The van der Waals surface area contributed by atoms with Crippen molar-refractivity contribution in [2.75, 3.05) is 6.54 Å². The highest BCUT2D eigenvalue weighted by molar-refractivity contribution is 6.21. The summed E-state index contributed by atoms with van der Waals surface area (Å²) in [5.74, 6) is -0.174. The van der Waals surface area contributed by atoms with E-state index in [1.54, 1.807) is 24.3 Å². The minimum atomic E-state index is -0.197. The predicted molar refractivity (Wildman–Crippen MR) is 88.2 cm³/mol. The fourth-order valence-corrected chi connectivity index (χ4v) is 3.91. The number of aromatic nitrogens is 1. The number of nitrogens with one attached hydrogen (secondary N) is 1. The average Bonchev–Trinajstić information content (AvgIpc) is 3.05. The summed E-state index contributed by atoms with van der Waals surface area (Å²) in [4.78, 5) is 40.6. The largest absolute Gasteiger partial charge is 0.356 e. The van der Waals surface area contributed by atoms with Crippen molar-refractivity contribution in [2.45, 2.75) is 26.2 Å². The molecule has 0 saturated heterocycles. The highest BCUT2D eigenvalue weighted by atomic mass is 16.2. The van der Waals surface area contributed by atoms with Gasteiger partial charge in [0.2, 0.25) is 0 Å². The maximum Gasteiger partial charge on any atom is 0.261 e. The molecule has 0 saturated carbocycles. The molecule has 2 aliphatic rings. The van der Waals surface area contributed by atoms with E-state index in [1.807, 2.05) is 6.92 Å². The van der Waals surface area contributed by atoms with Gasteiger partial charge in [0.1, 0.15) is 0 Å². The lowest BCUT2D eigenvalue weighted by Crippen LogP contribution is -2.36. The molecule has 4 rings (SSSR count). The molecule has 2 heterocycles. The Morgan fingerprint density at radius 2 is 1.88 bits per heavy atom. The molecule has 1 atom stereocenters. The van der Waals surface area contributed by atoms with Crippen molar-refractivity contribution in [3.8, 4) is 0 Å². The van der Waals surface area contributed by atoms with Crippen LogP contribution in [0.5, 0.6) is 0 Å². The molecule has 1 aromatic carbocycles. The van der Waals surface area contributed by atoms with E-state index in [0.717, 1.165) is 36.8 Å². The molecule has 1 N–H and O–H groups in total. The third kappa shape index (κ3) is 2.12. The van der Waals surface area contributed by atoms with Crippen LogP contribution < -0.4 is 0 Å². The Morgan fingerprint density at radius 1 is 1.21 bits per heavy atom. The van der Waals surface area contributed by atoms with Gasteiger partial charge in [-0.3, -0.25) is 19.3 Å². The van der Waals surface area contributed by atoms with E-state index in [4.69, 9.17) is 0 Å². The minimum absolute atomic E-state index is 0.197. The molecule has 2 amide bonds. The summed E-state index contributed by atoms with van der Waals surface area (Å²) in [6, 6.07) is 6.98. The van der Waals surface area contributed by atoms with Gasteiger partial charge in [-0.05, 0) is 55.4 Å². The average molecular weight is 322 g/mol. The summed E-state index contributed by atoms with van der Waals surface area (Å²) in [6.07, 6.45) is 3.40. The zero-order chi connectivity index (χ0) is 16.8. The topological polar surface area (TPSA) is 70.2 Å². The molecule has 0 radical (unpaired) electrons. The van der Waals surface area contributed by atoms with Crippen molar-refractivity contribution in [3.63, 3.8) is 0 Å². The van der Waals surface area contributed by atoms with E-state index in [2.05, 4.69) is 4.98 Å². The maximum atomic E-state index is 12.5. The van der Waals surface area contributed by atoms with Crippen LogP contribution in [0, 0.1) is 12.8 Å². The first-order valence-corrected chi connectivity index (χ1v) is 8.21. The summed E-state index contributed by atoms with van der Waals surface area (Å²) in [6.45, 7) is 2.39. The molecule has 5 heteroatoms. The molecule has 1 aliphatic carbocycles. The number of imide groups is 1. The van der Waals surface area contributed by atoms with Gasteiger partial charge >= 0.3 is 0 Å². The van der Waals surface area contributed by atoms with E-state index in [9.17, 15) is 14.4 Å². The van der Waals surface area contributed by atoms with Gasteiger partial charge < -0.3 is 4.98 Å². The first-order valence-electron chi connectivity index (χ1n) is 8.21. The first kappa shape index (κ1) is 14.9. The van der Waals surface area contributed by atoms with Gasteiger partial charge in [0.05, 0.1) is 16.8 Å². The molecule has 24 heavy (non-hydrogen) atoms. The Kier molecular flexibility index (Phi) is 3.37. The number of hydrogen-bond acceptors (Lipinski definition) is 3. The van der Waals surface area contributed by atoms with Gasteiger partial charge in [-0.2, -0.15) is 0 Å². The summed E-state index contributed by atoms with van der Waals surface area (Å²) in [7, 11) is 0. The van der Waals surface area contributed by atoms with E-state index < -0.39 is 0 Å². The number of carbonyl (C=O) groups excluding carboxylic acids is 3. The molecule has 2 aromatic rings. The molecule has 0 spiro atoms. The molecule has 1 aromatic heterocycles. The van der Waals surface area contributed by atoms with Crippen LogP contribution in [0.4, 0.5) is 0 Å². The lowest BCUT2D eigenvalue weighted by atomic mass is 9.86. The molecule has 1 aliphatic heterocycles. The van der Waals surface area contributed by atoms with Gasteiger partial charge in [0.15, 0.2) is 6.29 Å². The van der Waals surface area contributed by atoms with Crippen LogP contribution in [-0.4, -0.2) is 34.5 Å². The molecule has 0 fully saturated rings. The van der Waals surface area contributed by atoms with Crippen molar-refractivity contribution in [1.82, 2.24) is 9.88 Å². The fraction of sp³-hybridized carbons (Fsp3) is 0.316. The number of hydrogen-bond donors (Lipinski definition) is 1. The number of benzene rings is 1. The number of amides is 2. The highest BCUT2D eigenvalue weighted by Crippen LogP contribution is 2.31. The SMILES string of the molecule is Cc1c(C=O)[nH]c2c1CCC(CN1C(=O)c3ccccc3C1=O)C2. The summed E-state index contributed by atoms with van der Waals surface area (Å²) < 4.78 is 0. The van der Waals surface area contributed by atoms with Crippen LogP contribution in [0.1, 0.15) is 54.4 Å². The number of fused-ring (bicyclic) bond motifs is 2. The van der Waals surface area contributed by atoms with Crippen molar-refractivity contribution in [3.05, 3.63) is 57.9 Å². The number of carbonyl (C=O) groups is 3. The van der Waals surface area contributed by atoms with Crippen LogP contribution in [0.15, 0.2) is 24.3 Å². The van der Waals surface area contributed by atoms with Gasteiger partial charge in [-0.15, -0.1) is 0 Å². The van der Waals surface area contributed by atoms with Crippen molar-refractivity contribution in [1.29, 1.82) is 0 Å². The molecular formula is C19H18N2O3. The minimum Gasteiger partial charge on any atom is -0.356 e. The van der Waals surface area contributed by atoms with Gasteiger partial charge in [-0.1, -0.05) is 12.1 Å². The second-order valence-electron chi connectivity index (χ2n) is 6.61. The standard InChI is InChI=1S/C19H18N2O3/c1-11-13-7-6-12(8-16(13)20-17(11)10-22)9-21-18(23)14-4-2-3-5-15(14)19(21)24/h2-5,10,12,20H,6-9H2,1H3. The zero-order valence-electron chi connectivity index (χ0n) is 13.5. The quantitative estimate of drug-likeness (QED) is 0.697. The van der Waals surface area contributed by atoms with E-state index in [0.29, 0.717) is 23.4 Å². The predicted octanol–water partition coefficient (Wildman–Crippen LogP) is 2.54. The number of nitrogens with zero attached hydrogens (tertiary/aromatic N) is 1.